The van der Waals surface area contributed by atoms with Crippen molar-refractivity contribution < 1.29 is 27.9 Å². The molecule has 9 nitrogen and oxygen atoms in total. The molecule has 148 valence electrons. The number of carbonyl (C=O) groups excluding carboxylic acids is 2. The Kier molecular flexibility index (Phi) is 5.63. The van der Waals surface area contributed by atoms with Crippen molar-refractivity contribution in [2.75, 3.05) is 31.6 Å². The Bertz CT molecular complexity index is 998. The van der Waals surface area contributed by atoms with Gasteiger partial charge in [0.1, 0.15) is 5.75 Å². The van der Waals surface area contributed by atoms with E-state index in [1.807, 2.05) is 0 Å². The van der Waals surface area contributed by atoms with Gasteiger partial charge in [-0.25, -0.2) is 8.42 Å². The van der Waals surface area contributed by atoms with Gasteiger partial charge in [0.25, 0.3) is 5.91 Å². The Hall–Kier alpha value is -2.95. The summed E-state index contributed by atoms with van der Waals surface area (Å²) in [4.78, 5) is 23.5. The van der Waals surface area contributed by atoms with E-state index >= 15 is 0 Å². The minimum absolute atomic E-state index is 0.0959. The van der Waals surface area contributed by atoms with Crippen molar-refractivity contribution >= 4 is 27.5 Å². The van der Waals surface area contributed by atoms with Crippen LogP contribution < -0.4 is 11.1 Å². The van der Waals surface area contributed by atoms with Gasteiger partial charge in [0.05, 0.1) is 23.7 Å². The van der Waals surface area contributed by atoms with Gasteiger partial charge in [-0.05, 0) is 42.5 Å². The number of hydrogen-bond acceptors (Lipinski definition) is 6. The van der Waals surface area contributed by atoms with E-state index in [9.17, 15) is 23.1 Å². The summed E-state index contributed by atoms with van der Waals surface area (Å²) in [5.41, 5.74) is 5.61. The Morgan fingerprint density at radius 2 is 1.71 bits per heavy atom. The molecule has 0 unspecified atom stereocenters. The highest BCUT2D eigenvalue weighted by molar-refractivity contribution is 7.89. The number of carbonyl (C=O) groups is 2. The van der Waals surface area contributed by atoms with Crippen LogP contribution in [0, 0.1) is 0 Å². The highest BCUT2D eigenvalue weighted by Gasteiger charge is 2.27. The first-order valence-electron chi connectivity index (χ1n) is 8.41. The van der Waals surface area contributed by atoms with E-state index in [0.29, 0.717) is 18.9 Å². The standard InChI is InChI=1S/C18H19N3O6S/c19-17(23)12-1-3-13(4-2-12)20-18(24)15-11-14(5-6-16(15)22)28(25,26)21-7-9-27-10-8-21/h1-6,11,22H,7-10H2,(H2,19,23)(H,20,24). The number of ether oxygens (including phenoxy) is 1. The maximum absolute atomic E-state index is 12.7. The number of aromatic hydroxyl groups is 1. The van der Waals surface area contributed by atoms with Gasteiger partial charge in [0.2, 0.25) is 15.9 Å². The number of phenols is 1. The summed E-state index contributed by atoms with van der Waals surface area (Å²) in [6, 6.07) is 9.38. The van der Waals surface area contributed by atoms with Gasteiger partial charge in [-0.2, -0.15) is 4.31 Å². The highest BCUT2D eigenvalue weighted by atomic mass is 32.2. The lowest BCUT2D eigenvalue weighted by Gasteiger charge is -2.26. The first-order chi connectivity index (χ1) is 13.3. The number of phenolic OH excluding ortho intramolecular Hbond substituents is 1. The maximum Gasteiger partial charge on any atom is 0.259 e. The largest absolute Gasteiger partial charge is 0.507 e. The lowest BCUT2D eigenvalue weighted by molar-refractivity contribution is 0.0730. The monoisotopic (exact) mass is 405 g/mol. The number of nitrogens with zero attached hydrogens (tertiary/aromatic N) is 1. The molecular formula is C18H19N3O6S. The van der Waals surface area contributed by atoms with Gasteiger partial charge in [0.15, 0.2) is 0 Å². The van der Waals surface area contributed by atoms with Gasteiger partial charge in [-0.1, -0.05) is 0 Å². The third-order valence-corrected chi connectivity index (χ3v) is 6.14. The lowest BCUT2D eigenvalue weighted by atomic mass is 10.1. The molecule has 1 aliphatic rings. The Labute approximate surface area is 161 Å². The van der Waals surface area contributed by atoms with Crippen LogP contribution in [0.1, 0.15) is 20.7 Å². The van der Waals surface area contributed by atoms with Crippen molar-refractivity contribution in [2.45, 2.75) is 4.90 Å². The third-order valence-electron chi connectivity index (χ3n) is 4.25. The second-order valence-electron chi connectivity index (χ2n) is 6.09. The zero-order valence-electron chi connectivity index (χ0n) is 14.8. The molecule has 0 saturated carbocycles. The zero-order chi connectivity index (χ0) is 20.3. The molecule has 1 fully saturated rings. The number of benzene rings is 2. The van der Waals surface area contributed by atoms with Crippen molar-refractivity contribution in [3.63, 3.8) is 0 Å². The normalized spacial score (nSPS) is 15.1. The summed E-state index contributed by atoms with van der Waals surface area (Å²) < 4.78 is 31.9. The van der Waals surface area contributed by atoms with Crippen LogP contribution in [0.2, 0.25) is 0 Å². The summed E-state index contributed by atoms with van der Waals surface area (Å²) in [6.07, 6.45) is 0. The van der Waals surface area contributed by atoms with Crippen molar-refractivity contribution in [3.05, 3.63) is 53.6 Å². The minimum atomic E-state index is -3.81. The van der Waals surface area contributed by atoms with Gasteiger partial charge >= 0.3 is 0 Å². The summed E-state index contributed by atoms with van der Waals surface area (Å²) in [5, 5.41) is 12.6. The number of amides is 2. The average Bonchev–Trinajstić information content (AvgIpc) is 2.69. The fourth-order valence-electron chi connectivity index (χ4n) is 2.71. The van der Waals surface area contributed by atoms with E-state index in [2.05, 4.69) is 5.32 Å². The van der Waals surface area contributed by atoms with E-state index in [1.165, 1.54) is 40.7 Å². The van der Waals surface area contributed by atoms with Crippen LogP contribution in [0.3, 0.4) is 0 Å². The molecule has 0 bridgehead atoms. The summed E-state index contributed by atoms with van der Waals surface area (Å²) in [6.45, 7) is 1.03. The smallest absolute Gasteiger partial charge is 0.259 e. The molecule has 1 saturated heterocycles. The van der Waals surface area contributed by atoms with E-state index in [1.54, 1.807) is 0 Å². The predicted molar refractivity (Wildman–Crippen MR) is 101 cm³/mol. The second-order valence-corrected chi connectivity index (χ2v) is 8.03. The first-order valence-corrected chi connectivity index (χ1v) is 9.85. The summed E-state index contributed by atoms with van der Waals surface area (Å²) in [7, 11) is -3.81. The number of rotatable bonds is 5. The van der Waals surface area contributed by atoms with Crippen molar-refractivity contribution in [3.8, 4) is 5.75 Å². The molecule has 2 aromatic rings. The van der Waals surface area contributed by atoms with E-state index in [4.69, 9.17) is 10.5 Å². The summed E-state index contributed by atoms with van der Waals surface area (Å²) in [5.74, 6) is -1.65. The Morgan fingerprint density at radius 1 is 1.07 bits per heavy atom. The van der Waals surface area contributed by atoms with E-state index in [0.717, 1.165) is 6.07 Å². The number of hydrogen-bond donors (Lipinski definition) is 3. The third kappa shape index (κ3) is 4.14. The molecule has 10 heteroatoms. The van der Waals surface area contributed by atoms with Crippen LogP contribution in [-0.4, -0.2) is 55.9 Å². The van der Waals surface area contributed by atoms with Gasteiger partial charge in [0, 0.05) is 24.3 Å². The highest BCUT2D eigenvalue weighted by Crippen LogP contribution is 2.25. The Morgan fingerprint density at radius 3 is 2.32 bits per heavy atom. The minimum Gasteiger partial charge on any atom is -0.507 e. The number of anilines is 1. The summed E-state index contributed by atoms with van der Waals surface area (Å²) >= 11 is 0. The predicted octanol–water partition coefficient (Wildman–Crippen LogP) is 0.764. The molecular weight excluding hydrogens is 386 g/mol. The topological polar surface area (TPSA) is 139 Å². The quantitative estimate of drug-likeness (QED) is 0.671. The molecule has 1 heterocycles. The molecule has 28 heavy (non-hydrogen) atoms. The molecule has 2 amide bonds. The molecule has 0 atom stereocenters. The molecule has 0 aliphatic carbocycles. The van der Waals surface area contributed by atoms with E-state index < -0.39 is 21.8 Å². The SMILES string of the molecule is NC(=O)c1ccc(NC(=O)c2cc(S(=O)(=O)N3CCOCC3)ccc2O)cc1. The molecule has 0 spiro atoms. The van der Waals surface area contributed by atoms with Crippen LogP contribution >= 0.6 is 0 Å². The zero-order valence-corrected chi connectivity index (χ0v) is 15.6. The second kappa shape index (κ2) is 7.97. The van der Waals surface area contributed by atoms with Crippen LogP contribution in [0.25, 0.3) is 0 Å². The first kappa shape index (κ1) is 19.8. The maximum atomic E-state index is 12.7. The number of nitrogens with one attached hydrogen (secondary N) is 1. The van der Waals surface area contributed by atoms with Crippen LogP contribution in [0.4, 0.5) is 5.69 Å². The van der Waals surface area contributed by atoms with Gasteiger partial charge in [-0.3, -0.25) is 9.59 Å². The average molecular weight is 405 g/mol. The molecule has 2 aromatic carbocycles. The van der Waals surface area contributed by atoms with Crippen LogP contribution in [-0.2, 0) is 14.8 Å². The van der Waals surface area contributed by atoms with E-state index in [-0.39, 0.29) is 34.9 Å². The Balaban J connectivity index is 1.84. The van der Waals surface area contributed by atoms with Crippen LogP contribution in [0.5, 0.6) is 5.75 Å². The molecule has 4 N–H and O–H groups in total. The number of morpholine rings is 1. The molecule has 1 aliphatic heterocycles. The van der Waals surface area contributed by atoms with Crippen molar-refractivity contribution in [1.82, 2.24) is 4.31 Å². The molecule has 3 rings (SSSR count). The number of primary amides is 1. The number of nitrogens with two attached hydrogens (primary N) is 1. The van der Waals surface area contributed by atoms with Gasteiger partial charge in [-0.15, -0.1) is 0 Å². The van der Waals surface area contributed by atoms with Crippen LogP contribution in [0.15, 0.2) is 47.4 Å². The van der Waals surface area contributed by atoms with Crippen molar-refractivity contribution in [1.29, 1.82) is 0 Å². The van der Waals surface area contributed by atoms with Gasteiger partial charge < -0.3 is 20.9 Å². The molecule has 0 radical (unpaired) electrons. The fourth-order valence-corrected chi connectivity index (χ4v) is 4.14. The lowest BCUT2D eigenvalue weighted by Crippen LogP contribution is -2.40. The number of sulfonamides is 1. The van der Waals surface area contributed by atoms with Crippen molar-refractivity contribution in [2.24, 2.45) is 5.73 Å². The molecule has 0 aromatic heterocycles. The fraction of sp³-hybridized carbons (Fsp3) is 0.222.